The lowest BCUT2D eigenvalue weighted by molar-refractivity contribution is -0.150. The summed E-state index contributed by atoms with van der Waals surface area (Å²) in [5.41, 5.74) is 2.55. The minimum atomic E-state index is -2.20. The van der Waals surface area contributed by atoms with Crippen LogP contribution in [0.25, 0.3) is 0 Å². The van der Waals surface area contributed by atoms with E-state index in [9.17, 15) is 29.1 Å². The fourth-order valence-corrected chi connectivity index (χ4v) is 5.78. The Balaban J connectivity index is 0.00000484. The number of amides is 3. The molecule has 0 spiro atoms. The van der Waals surface area contributed by atoms with Crippen molar-refractivity contribution in [1.29, 1.82) is 0 Å². The van der Waals surface area contributed by atoms with Crippen molar-refractivity contribution in [3.8, 4) is 0 Å². The van der Waals surface area contributed by atoms with Crippen molar-refractivity contribution in [2.24, 2.45) is 5.73 Å². The van der Waals surface area contributed by atoms with Gasteiger partial charge in [0.1, 0.15) is 30.4 Å². The molecule has 2 aromatic rings. The van der Waals surface area contributed by atoms with E-state index in [0.29, 0.717) is 22.9 Å². The largest absolute Gasteiger partial charge is 0.480 e. The van der Waals surface area contributed by atoms with E-state index in [1.807, 2.05) is 0 Å². The van der Waals surface area contributed by atoms with Crippen molar-refractivity contribution in [1.82, 2.24) is 4.90 Å². The van der Waals surface area contributed by atoms with Crippen LogP contribution in [-0.4, -0.2) is 90.2 Å². The number of hydrogen-bond donors (Lipinski definition) is 2. The van der Waals surface area contributed by atoms with Crippen LogP contribution >= 0.6 is 35.3 Å². The van der Waals surface area contributed by atoms with Gasteiger partial charge < -0.3 is 34.9 Å². The number of aliphatic carboxylic acids is 1. The van der Waals surface area contributed by atoms with Crippen LogP contribution in [0.5, 0.6) is 0 Å². The predicted molar refractivity (Wildman–Crippen MR) is 154 cm³/mol. The molecule has 2 saturated heterocycles. The van der Waals surface area contributed by atoms with E-state index < -0.39 is 47.4 Å². The van der Waals surface area contributed by atoms with Crippen molar-refractivity contribution in [3.05, 3.63) is 45.4 Å². The first kappa shape index (κ1) is 33.2. The van der Waals surface area contributed by atoms with Gasteiger partial charge in [-0.25, -0.2) is 9.18 Å². The maximum absolute atomic E-state index is 15.2. The van der Waals surface area contributed by atoms with Crippen LogP contribution in [0.3, 0.4) is 0 Å². The summed E-state index contributed by atoms with van der Waals surface area (Å²) in [6, 6.07) is 6.93. The Hall–Kier alpha value is -3.30. The molecule has 0 saturated carbocycles. The summed E-state index contributed by atoms with van der Waals surface area (Å²) < 4.78 is 26.1. The van der Waals surface area contributed by atoms with Crippen LogP contribution < -0.4 is 15.5 Å². The molecule has 3 N–H and O–H groups in total. The Labute approximate surface area is 255 Å². The summed E-state index contributed by atoms with van der Waals surface area (Å²) in [5.74, 6) is -3.26. The van der Waals surface area contributed by atoms with Crippen LogP contribution in [-0.2, 0) is 23.9 Å². The number of carboxylic acid groups (broad SMARTS) is 1. The molecule has 1 aromatic heterocycles. The normalized spacial score (nSPS) is 18.6. The monoisotopic (exact) mass is 646 g/mol. The number of anilines is 2. The lowest BCUT2D eigenvalue weighted by Gasteiger charge is -2.47. The minimum absolute atomic E-state index is 0. The van der Waals surface area contributed by atoms with E-state index in [2.05, 4.69) is 0 Å². The molecule has 2 fully saturated rings. The zero-order chi connectivity index (χ0) is 30.1. The van der Waals surface area contributed by atoms with Crippen molar-refractivity contribution in [2.45, 2.75) is 37.5 Å². The Morgan fingerprint density at radius 3 is 2.55 bits per heavy atom. The second-order valence-electron chi connectivity index (χ2n) is 10.1. The first-order valence-corrected chi connectivity index (χ1v) is 13.7. The summed E-state index contributed by atoms with van der Waals surface area (Å²) in [4.78, 5) is 66.0. The fourth-order valence-electron chi connectivity index (χ4n) is 4.79. The number of carbonyl (C=O) groups is 5. The topological polar surface area (TPSA) is 160 Å². The lowest BCUT2D eigenvalue weighted by Crippen LogP contribution is -2.71. The van der Waals surface area contributed by atoms with Crippen molar-refractivity contribution < 1.29 is 42.9 Å². The summed E-state index contributed by atoms with van der Waals surface area (Å²) in [5, 5.41) is 9.95. The Bertz CT molecular complexity index is 1390. The second kappa shape index (κ2) is 12.9. The van der Waals surface area contributed by atoms with Gasteiger partial charge in [-0.15, -0.1) is 23.7 Å². The molecule has 12 nitrogen and oxygen atoms in total. The van der Waals surface area contributed by atoms with E-state index in [1.54, 1.807) is 0 Å². The Morgan fingerprint density at radius 2 is 1.98 bits per heavy atom. The van der Waals surface area contributed by atoms with Crippen molar-refractivity contribution >= 4 is 76.9 Å². The van der Waals surface area contributed by atoms with E-state index in [1.165, 1.54) is 43.0 Å². The summed E-state index contributed by atoms with van der Waals surface area (Å²) in [6.07, 6.45) is -2.16. The smallest absolute Gasteiger partial charge is 0.414 e. The van der Waals surface area contributed by atoms with Gasteiger partial charge in [-0.3, -0.25) is 19.3 Å². The molecule has 2 aliphatic heterocycles. The van der Waals surface area contributed by atoms with Gasteiger partial charge in [-0.05, 0) is 44.2 Å². The van der Waals surface area contributed by atoms with E-state index >= 15 is 4.39 Å². The highest BCUT2D eigenvalue weighted by Gasteiger charge is 2.54. The molecule has 0 aliphatic carbocycles. The molecule has 4 rings (SSSR count). The molecule has 3 heterocycles. The summed E-state index contributed by atoms with van der Waals surface area (Å²) in [6.45, 7) is 2.73. The van der Waals surface area contributed by atoms with Gasteiger partial charge in [0.25, 0.3) is 11.8 Å². The quantitative estimate of drug-likeness (QED) is 0.370. The van der Waals surface area contributed by atoms with Crippen molar-refractivity contribution in [3.63, 3.8) is 0 Å². The molecule has 2 aliphatic rings. The molecule has 0 unspecified atom stereocenters. The van der Waals surface area contributed by atoms with Gasteiger partial charge in [0.2, 0.25) is 0 Å². The maximum atomic E-state index is 15.2. The van der Waals surface area contributed by atoms with Crippen LogP contribution in [0.15, 0.2) is 30.3 Å². The number of halogens is 3. The third-order valence-corrected chi connectivity index (χ3v) is 8.58. The average molecular weight is 648 g/mol. The molecular weight excluding hydrogens is 618 g/mol. The number of ether oxygens (including phenoxy) is 2. The minimum Gasteiger partial charge on any atom is -0.480 e. The molecule has 2 atom stereocenters. The van der Waals surface area contributed by atoms with E-state index in [-0.39, 0.29) is 55.1 Å². The highest BCUT2D eigenvalue weighted by Crippen LogP contribution is 2.35. The first-order chi connectivity index (χ1) is 19.3. The van der Waals surface area contributed by atoms with Crippen LogP contribution in [0, 0.1) is 5.82 Å². The summed E-state index contributed by atoms with van der Waals surface area (Å²) >= 11 is 6.97. The number of rotatable bonds is 10. The van der Waals surface area contributed by atoms with Gasteiger partial charge in [0.05, 0.1) is 40.1 Å². The Kier molecular flexibility index (Phi) is 10.2. The SMILES string of the molecule is CC(C)(N(C[C@H]1CN(c2ccc(N3CCOCC3=O)cc2F)C(=O)O1)C(=O)c1ccc(Cl)s1)[C@](N)(CC=O)C(=O)O.Cl. The zero-order valence-corrected chi connectivity index (χ0v) is 25.0. The number of carboxylic acids is 1. The number of hydrogen-bond acceptors (Lipinski definition) is 9. The number of aldehydes is 1. The number of cyclic esters (lactones) is 1. The van der Waals surface area contributed by atoms with Crippen LogP contribution in [0.1, 0.15) is 29.9 Å². The van der Waals surface area contributed by atoms with Crippen LogP contribution in [0.2, 0.25) is 4.34 Å². The molecule has 42 heavy (non-hydrogen) atoms. The molecular formula is C26H29Cl2FN4O8S. The third kappa shape index (κ3) is 6.22. The fraction of sp³-hybridized carbons (Fsp3) is 0.423. The molecule has 228 valence electrons. The average Bonchev–Trinajstić information content (AvgIpc) is 3.52. The Morgan fingerprint density at radius 1 is 1.26 bits per heavy atom. The highest BCUT2D eigenvalue weighted by atomic mass is 35.5. The summed E-state index contributed by atoms with van der Waals surface area (Å²) in [7, 11) is 0. The van der Waals surface area contributed by atoms with Crippen molar-refractivity contribution in [2.75, 3.05) is 42.6 Å². The number of benzene rings is 1. The number of morpholine rings is 1. The van der Waals surface area contributed by atoms with Gasteiger partial charge in [0.15, 0.2) is 0 Å². The highest BCUT2D eigenvalue weighted by molar-refractivity contribution is 7.18. The number of nitrogens with two attached hydrogens (primary N) is 1. The van der Waals surface area contributed by atoms with Gasteiger partial charge >= 0.3 is 12.1 Å². The number of thiophene rings is 1. The van der Waals surface area contributed by atoms with E-state index in [0.717, 1.165) is 27.2 Å². The first-order valence-electron chi connectivity index (χ1n) is 12.5. The second-order valence-corrected chi connectivity index (χ2v) is 11.8. The molecule has 0 radical (unpaired) electrons. The zero-order valence-electron chi connectivity index (χ0n) is 22.6. The maximum Gasteiger partial charge on any atom is 0.414 e. The molecule has 0 bridgehead atoms. The standard InChI is InChI=1S/C26H28ClFN4O8S.ClH/c1-25(2,26(29,7-9-33)23(36)37)32(22(35)19-5-6-20(27)41-19)13-16-12-31(24(38)40-16)18-4-3-15(11-17(18)28)30-8-10-39-14-21(30)34;/h3-6,9,11,16H,7-8,10,12-14,29H2,1-2H3,(H,36,37);1H/t16-,26+;/m1./s1. The molecule has 16 heteroatoms. The third-order valence-electron chi connectivity index (χ3n) is 7.36. The van der Waals surface area contributed by atoms with Gasteiger partial charge in [-0.2, -0.15) is 0 Å². The van der Waals surface area contributed by atoms with Crippen LogP contribution in [0.4, 0.5) is 20.6 Å². The predicted octanol–water partition coefficient (Wildman–Crippen LogP) is 2.94. The van der Waals surface area contributed by atoms with Gasteiger partial charge in [0, 0.05) is 18.7 Å². The number of nitrogens with zero attached hydrogens (tertiary/aromatic N) is 3. The van der Waals surface area contributed by atoms with E-state index in [4.69, 9.17) is 26.8 Å². The van der Waals surface area contributed by atoms with Gasteiger partial charge in [-0.1, -0.05) is 11.6 Å². The number of carbonyl (C=O) groups excluding carboxylic acids is 4. The molecule has 1 aromatic carbocycles. The molecule has 3 amide bonds. The lowest BCUT2D eigenvalue weighted by atomic mass is 9.76.